The Morgan fingerprint density at radius 2 is 0.626 bits per heavy atom. The van der Waals surface area contributed by atoms with Gasteiger partial charge in [0.2, 0.25) is 0 Å². The van der Waals surface area contributed by atoms with Gasteiger partial charge < -0.3 is 43.7 Å². The highest BCUT2D eigenvalue weighted by atomic mass is 19.4. The molecule has 99 heavy (non-hydrogen) atoms. The Morgan fingerprint density at radius 3 is 0.929 bits per heavy atom. The summed E-state index contributed by atoms with van der Waals surface area (Å²) in [5.74, 6) is -5.59. The first-order valence-corrected chi connectivity index (χ1v) is 33.2. The Bertz CT molecular complexity index is 2700. The summed E-state index contributed by atoms with van der Waals surface area (Å²) in [4.78, 5) is 73.7. The van der Waals surface area contributed by atoms with Crippen molar-refractivity contribution >= 4 is 35.8 Å². The van der Waals surface area contributed by atoms with Crippen LogP contribution in [0.2, 0.25) is 0 Å². The molecule has 6 saturated carbocycles. The van der Waals surface area contributed by atoms with Crippen molar-refractivity contribution in [1.29, 1.82) is 0 Å². The van der Waals surface area contributed by atoms with Crippen LogP contribution in [0.15, 0.2) is 36.5 Å². The van der Waals surface area contributed by atoms with Crippen LogP contribution in [0.4, 0.5) is 79.0 Å². The third kappa shape index (κ3) is 22.3. The number of halogens is 18. The topological polar surface area (TPSA) is 218 Å². The maximum absolute atomic E-state index is 12.9. The van der Waals surface area contributed by atoms with Crippen LogP contribution in [-0.2, 0) is 57.2 Å². The van der Waals surface area contributed by atoms with E-state index in [-0.39, 0.29) is 90.2 Å². The summed E-state index contributed by atoms with van der Waals surface area (Å²) in [7, 11) is 0. The number of hydrogen-bond donors (Lipinski definition) is 3. The van der Waals surface area contributed by atoms with Crippen LogP contribution in [0.3, 0.4) is 0 Å². The minimum atomic E-state index is -5.98. The molecule has 6 aliphatic carbocycles. The van der Waals surface area contributed by atoms with Gasteiger partial charge in [0.15, 0.2) is 0 Å². The maximum atomic E-state index is 12.9. The molecule has 570 valence electrons. The van der Waals surface area contributed by atoms with E-state index in [1.165, 1.54) is 13.8 Å². The van der Waals surface area contributed by atoms with Crippen LogP contribution in [0.5, 0.6) is 0 Å². The fourth-order valence-corrected chi connectivity index (χ4v) is 14.6. The van der Waals surface area contributed by atoms with Gasteiger partial charge in [-0.25, -0.2) is 14.4 Å². The van der Waals surface area contributed by atoms with Gasteiger partial charge in [-0.05, 0) is 192 Å². The van der Waals surface area contributed by atoms with Gasteiger partial charge in [-0.1, -0.05) is 51.8 Å². The average Bonchev–Trinajstić information content (AvgIpc) is 0.780. The molecule has 0 aromatic rings. The molecule has 0 aromatic carbocycles. The Labute approximate surface area is 561 Å². The molecule has 0 bridgehead atoms. The van der Waals surface area contributed by atoms with Crippen LogP contribution in [-0.4, -0.2) is 143 Å². The second-order valence-electron chi connectivity index (χ2n) is 27.2. The quantitative estimate of drug-likeness (QED) is 0.0285. The van der Waals surface area contributed by atoms with E-state index in [9.17, 15) is 113 Å². The standard InChI is InChI=1S/C24H34F6O5.2C21H28F6O5/c1-15(2)20(31)35-19-12-8-9-16-17(19)10-7-11-18(16)21(32)34-14-6-4-3-5-13-22(33,23(25,26)27)24(28,29)30;1-11(2)17(28)32-16-9-5-6-13-14(16)7-4-8-15(13)18(29)31-12(3)10-19(30,20(22,23)24)21(25,26)27;1-12(2)17(28)32-16-9-4-6-13-14(16)7-3-8-15(13)18(29)31-11-5-10-19(30,20(22,23)24)21(25,26)27/h16-19,33H,1,3-14H2,2H3;12-16,30H,1,4-10H2,2-3H3;13-16,30H,1,3-11H2,2H3. The zero-order valence-corrected chi connectivity index (χ0v) is 55.5. The lowest BCUT2D eigenvalue weighted by Crippen LogP contribution is -2.58. The molecule has 0 aromatic heterocycles. The van der Waals surface area contributed by atoms with Crippen molar-refractivity contribution in [3.8, 4) is 0 Å². The summed E-state index contributed by atoms with van der Waals surface area (Å²) in [6, 6.07) is 0. The van der Waals surface area contributed by atoms with Crippen molar-refractivity contribution in [3.05, 3.63) is 36.5 Å². The molecule has 0 radical (unpaired) electrons. The lowest BCUT2D eigenvalue weighted by Gasteiger charge is -2.44. The van der Waals surface area contributed by atoms with Crippen molar-refractivity contribution in [2.24, 2.45) is 53.3 Å². The third-order valence-electron chi connectivity index (χ3n) is 19.9. The SMILES string of the molecule is C=C(C)C(=O)OC1CCCC2C(C(=O)OC(C)CC(O)(C(F)(F)F)C(F)(F)F)CCCC12.C=C(C)C(=O)OC1CCCC2C(C(=O)OCCCC(O)(C(F)(F)F)C(F)(F)F)CCCC12.C=C(C)C(=O)OC1CCCC2C(C(=O)OCCCCCCC(O)(C(F)(F)F)C(F)(F)F)CCCC12. The van der Waals surface area contributed by atoms with Gasteiger partial charge in [-0.15, -0.1) is 0 Å². The van der Waals surface area contributed by atoms with Gasteiger partial charge in [-0.3, -0.25) is 14.4 Å². The molecule has 0 saturated heterocycles. The van der Waals surface area contributed by atoms with Gasteiger partial charge >= 0.3 is 72.9 Å². The van der Waals surface area contributed by atoms with E-state index in [2.05, 4.69) is 19.7 Å². The van der Waals surface area contributed by atoms with E-state index in [1.54, 1.807) is 6.92 Å². The van der Waals surface area contributed by atoms with E-state index in [1.807, 2.05) is 0 Å². The number of carbonyl (C=O) groups excluding carboxylic acids is 6. The normalized spacial score (nSPS) is 26.6. The number of unbranched alkanes of at least 4 members (excludes halogenated alkanes) is 3. The van der Waals surface area contributed by atoms with Gasteiger partial charge in [0, 0.05) is 23.1 Å². The van der Waals surface area contributed by atoms with Crippen LogP contribution in [0.1, 0.15) is 195 Å². The molecule has 6 rings (SSSR count). The lowest BCUT2D eigenvalue weighted by molar-refractivity contribution is -0.373. The Morgan fingerprint density at radius 1 is 0.364 bits per heavy atom. The first-order valence-electron chi connectivity index (χ1n) is 33.2. The molecule has 13 unspecified atom stereocenters. The number of ether oxygens (including phenoxy) is 6. The van der Waals surface area contributed by atoms with Gasteiger partial charge in [0.05, 0.1) is 31.0 Å². The maximum Gasteiger partial charge on any atom is 0.426 e. The second kappa shape index (κ2) is 35.2. The fourth-order valence-electron chi connectivity index (χ4n) is 14.6. The minimum absolute atomic E-state index is 0.0175. The van der Waals surface area contributed by atoms with Crippen LogP contribution < -0.4 is 0 Å². The van der Waals surface area contributed by atoms with Crippen LogP contribution in [0.25, 0.3) is 0 Å². The summed E-state index contributed by atoms with van der Waals surface area (Å²) in [5, 5.41) is 27.6. The number of hydrogen-bond acceptors (Lipinski definition) is 15. The first-order chi connectivity index (χ1) is 45.5. The van der Waals surface area contributed by atoms with Crippen molar-refractivity contribution in [2.75, 3.05) is 13.2 Å². The number of alkyl halides is 18. The molecule has 0 spiro atoms. The molecule has 3 N–H and O–H groups in total. The Kier molecular flexibility index (Phi) is 30.6. The van der Waals surface area contributed by atoms with Gasteiger partial charge in [0.1, 0.15) is 24.4 Å². The van der Waals surface area contributed by atoms with E-state index in [0.717, 1.165) is 45.4 Å². The third-order valence-corrected chi connectivity index (χ3v) is 19.9. The molecule has 15 nitrogen and oxygen atoms in total. The van der Waals surface area contributed by atoms with Crippen LogP contribution in [0, 0.1) is 53.3 Å². The minimum Gasteiger partial charge on any atom is -0.465 e. The van der Waals surface area contributed by atoms with E-state index in [4.69, 9.17) is 38.6 Å². The van der Waals surface area contributed by atoms with E-state index in [0.29, 0.717) is 89.0 Å². The summed E-state index contributed by atoms with van der Waals surface area (Å²) in [6.45, 7) is 15.5. The number of carbonyl (C=O) groups is 6. The van der Waals surface area contributed by atoms with Crippen molar-refractivity contribution < 1.29 is 152 Å². The number of aliphatic hydroxyl groups is 3. The fraction of sp³-hybridized carbons (Fsp3) is 0.818. The number of rotatable bonds is 23. The molecule has 6 aliphatic rings. The van der Waals surface area contributed by atoms with Gasteiger partial charge in [-0.2, -0.15) is 79.0 Å². The van der Waals surface area contributed by atoms with Crippen molar-refractivity contribution in [2.45, 2.75) is 273 Å². The van der Waals surface area contributed by atoms with Crippen molar-refractivity contribution in [1.82, 2.24) is 0 Å². The summed E-state index contributed by atoms with van der Waals surface area (Å²) in [6.07, 6.45) is -31.9. The molecule has 13 atom stereocenters. The molecule has 33 heteroatoms. The monoisotopic (exact) mass is 1460 g/mol. The van der Waals surface area contributed by atoms with Gasteiger partial charge in [0.25, 0.3) is 16.8 Å². The predicted molar refractivity (Wildman–Crippen MR) is 314 cm³/mol. The predicted octanol–water partition coefficient (Wildman–Crippen LogP) is 15.8. The lowest BCUT2D eigenvalue weighted by atomic mass is 9.64. The molecule has 0 aliphatic heterocycles. The zero-order chi connectivity index (χ0) is 75.2. The van der Waals surface area contributed by atoms with E-state index >= 15 is 0 Å². The molecule has 0 heterocycles. The summed E-state index contributed by atoms with van der Waals surface area (Å²) >= 11 is 0. The smallest absolute Gasteiger partial charge is 0.426 e. The van der Waals surface area contributed by atoms with Crippen LogP contribution >= 0.6 is 0 Å². The molecule has 0 amide bonds. The molecular formula is C66H90F18O15. The first kappa shape index (κ1) is 86.1. The molecular weight excluding hydrogens is 1370 g/mol. The largest absolute Gasteiger partial charge is 0.465 e. The second-order valence-corrected chi connectivity index (χ2v) is 27.2. The number of esters is 6. The Hall–Kier alpha value is -5.34. The zero-order valence-electron chi connectivity index (χ0n) is 55.5. The van der Waals surface area contributed by atoms with E-state index < -0.39 is 146 Å². The highest BCUT2D eigenvalue weighted by Gasteiger charge is 2.72. The highest BCUT2D eigenvalue weighted by Crippen LogP contribution is 2.52. The summed E-state index contributed by atoms with van der Waals surface area (Å²) < 4.78 is 262. The highest BCUT2D eigenvalue weighted by molar-refractivity contribution is 5.88. The summed E-state index contributed by atoms with van der Waals surface area (Å²) in [5.41, 5.74) is -13.7. The average molecular weight is 1470 g/mol. The van der Waals surface area contributed by atoms with Crippen molar-refractivity contribution in [3.63, 3.8) is 0 Å². The molecule has 6 fully saturated rings. The number of fused-ring (bicyclic) bond motifs is 3. The Balaban J connectivity index is 0.000000316.